The predicted molar refractivity (Wildman–Crippen MR) is 158 cm³/mol. The van der Waals surface area contributed by atoms with Crippen molar-refractivity contribution >= 4 is 52.0 Å². The fraction of sp³-hybridized carbons (Fsp3) is 0.214. The third-order valence-corrected chi connectivity index (χ3v) is 7.44. The second kappa shape index (κ2) is 11.1. The van der Waals surface area contributed by atoms with Crippen molar-refractivity contribution in [2.45, 2.75) is 32.4 Å². The minimum Gasteiger partial charge on any atom is -0.297 e. The van der Waals surface area contributed by atoms with Crippen molar-refractivity contribution in [1.82, 2.24) is 17.9 Å². The van der Waals surface area contributed by atoms with E-state index in [2.05, 4.69) is 45.0 Å². The molecule has 1 aliphatic heterocycles. The summed E-state index contributed by atoms with van der Waals surface area (Å²) in [5.41, 5.74) is 4.63. The number of aryl methyl sites for hydroxylation is 1. The van der Waals surface area contributed by atoms with Gasteiger partial charge < -0.3 is 0 Å². The Morgan fingerprint density at radius 3 is 2.42 bits per heavy atom. The van der Waals surface area contributed by atoms with E-state index < -0.39 is 11.7 Å². The van der Waals surface area contributed by atoms with E-state index in [9.17, 15) is 9.59 Å². The van der Waals surface area contributed by atoms with Crippen LogP contribution >= 0.6 is 34.5 Å². The molecule has 2 heterocycles. The molecule has 2 atom stereocenters. The quantitative estimate of drug-likeness (QED) is 0.225. The number of anilines is 1. The van der Waals surface area contributed by atoms with Crippen LogP contribution in [0, 0.1) is 6.92 Å². The molecule has 1 aliphatic rings. The van der Waals surface area contributed by atoms with Gasteiger partial charge in [0, 0.05) is 10.9 Å². The molecule has 0 saturated carbocycles. The van der Waals surface area contributed by atoms with Crippen molar-refractivity contribution in [3.05, 3.63) is 117 Å². The van der Waals surface area contributed by atoms with Gasteiger partial charge in [-0.3, -0.25) is 8.32 Å². The highest BCUT2D eigenvalue weighted by Crippen LogP contribution is 2.32. The van der Waals surface area contributed by atoms with Crippen LogP contribution in [0.1, 0.15) is 41.1 Å². The molecule has 38 heavy (non-hydrogen) atoms. The van der Waals surface area contributed by atoms with E-state index in [1.165, 1.54) is 9.25 Å². The molecule has 8 nitrogen and oxygen atoms in total. The summed E-state index contributed by atoms with van der Waals surface area (Å²) >= 11 is 7.82. The molecule has 0 spiro atoms. The minimum absolute atomic E-state index is 0.0439. The van der Waals surface area contributed by atoms with Gasteiger partial charge in [-0.1, -0.05) is 83.9 Å². The third kappa shape index (κ3) is 5.25. The van der Waals surface area contributed by atoms with Gasteiger partial charge in [0.15, 0.2) is 0 Å². The van der Waals surface area contributed by atoms with Gasteiger partial charge >= 0.3 is 5.69 Å². The number of carbonyl (C=O) groups is 1. The molecule has 1 aromatic heterocycles. The number of aromatic nitrogens is 3. The van der Waals surface area contributed by atoms with Crippen molar-refractivity contribution in [3.8, 4) is 0 Å². The van der Waals surface area contributed by atoms with Crippen LogP contribution in [0.5, 0.6) is 0 Å². The van der Waals surface area contributed by atoms with E-state index in [0.717, 1.165) is 28.0 Å². The summed E-state index contributed by atoms with van der Waals surface area (Å²) < 4.78 is 5.39. The zero-order valence-corrected chi connectivity index (χ0v) is 23.8. The highest BCUT2D eigenvalue weighted by Gasteiger charge is 2.34. The lowest BCUT2D eigenvalue weighted by molar-refractivity contribution is -0.121. The number of hydrazone groups is 1. The Hall–Kier alpha value is -3.44. The average Bonchev–Trinajstić information content (AvgIpc) is 3.51. The number of nitrogens with zero attached hydrogens (tertiary/aromatic N) is 5. The highest BCUT2D eigenvalue weighted by atomic mass is 127. The molecule has 10 heteroatoms. The molecule has 4 aromatic rings. The summed E-state index contributed by atoms with van der Waals surface area (Å²) in [7, 11) is 0. The summed E-state index contributed by atoms with van der Waals surface area (Å²) in [5.74, 6) is -0.0291. The van der Waals surface area contributed by atoms with Crippen LogP contribution in [-0.2, 0) is 11.3 Å². The molecule has 5 rings (SSSR count). The summed E-state index contributed by atoms with van der Waals surface area (Å²) in [6.45, 7) is 4.44. The van der Waals surface area contributed by atoms with Crippen LogP contribution in [0.25, 0.3) is 0 Å². The van der Waals surface area contributed by atoms with Crippen molar-refractivity contribution in [2.75, 3.05) is 11.6 Å². The van der Waals surface area contributed by atoms with Gasteiger partial charge in [-0.05, 0) is 42.7 Å². The molecule has 1 N–H and O–H groups in total. The molecule has 0 aliphatic carbocycles. The zero-order valence-electron chi connectivity index (χ0n) is 20.9. The second-order valence-corrected chi connectivity index (χ2v) is 10.2. The van der Waals surface area contributed by atoms with Crippen LogP contribution in [0.3, 0.4) is 0 Å². The standard InChI is InChI=1S/C28H26ClIN6O2/c1-18-8-12-22(13-9-18)25-24(21-6-4-3-5-7-21)17-34(32-25)27-33-35(16-20-10-14-23(29)15-11-20)28(38)36(27)19(2)26(37)31-30/h3-15,19,24H,16-17H2,1-2H3,(H,31,37)/t19-,24+/m1/s1. The molecule has 0 unspecified atom stereocenters. The van der Waals surface area contributed by atoms with E-state index in [1.54, 1.807) is 46.9 Å². The minimum atomic E-state index is -0.790. The molecule has 0 saturated heterocycles. The van der Waals surface area contributed by atoms with Crippen molar-refractivity contribution < 1.29 is 4.79 Å². The number of rotatable bonds is 7. The Kier molecular flexibility index (Phi) is 7.66. The maximum absolute atomic E-state index is 13.6. The number of amides is 1. The van der Waals surface area contributed by atoms with Crippen LogP contribution < -0.4 is 14.2 Å². The van der Waals surface area contributed by atoms with E-state index in [4.69, 9.17) is 16.7 Å². The largest absolute Gasteiger partial charge is 0.348 e. The van der Waals surface area contributed by atoms with Crippen molar-refractivity contribution in [3.63, 3.8) is 0 Å². The molecule has 0 fully saturated rings. The average molecular weight is 641 g/mol. The normalized spacial score (nSPS) is 15.8. The van der Waals surface area contributed by atoms with Crippen molar-refractivity contribution in [2.24, 2.45) is 5.10 Å². The number of hydrogen-bond acceptors (Lipinski definition) is 5. The fourth-order valence-corrected chi connectivity index (χ4v) is 5.12. The third-order valence-electron chi connectivity index (χ3n) is 6.65. The van der Waals surface area contributed by atoms with E-state index in [-0.39, 0.29) is 18.4 Å². The van der Waals surface area contributed by atoms with Gasteiger partial charge in [0.25, 0.3) is 5.91 Å². The number of benzene rings is 3. The Morgan fingerprint density at radius 2 is 1.76 bits per heavy atom. The summed E-state index contributed by atoms with van der Waals surface area (Å²) in [6, 6.07) is 24.9. The SMILES string of the molecule is Cc1ccc(C2=NN(c3nn(Cc4ccc(Cl)cc4)c(=O)n3[C@H](C)C(=O)NI)C[C@H]2c2ccccc2)cc1. The van der Waals surface area contributed by atoms with Crippen LogP contribution in [0.2, 0.25) is 5.02 Å². The van der Waals surface area contributed by atoms with Gasteiger partial charge in [0.2, 0.25) is 5.95 Å². The molecule has 1 amide bonds. The highest BCUT2D eigenvalue weighted by molar-refractivity contribution is 14.1. The first-order chi connectivity index (χ1) is 18.4. The van der Waals surface area contributed by atoms with E-state index >= 15 is 0 Å². The predicted octanol–water partition coefficient (Wildman–Crippen LogP) is 5.09. The van der Waals surface area contributed by atoms with Crippen LogP contribution in [-0.4, -0.2) is 32.5 Å². The van der Waals surface area contributed by atoms with Gasteiger partial charge in [-0.15, -0.1) is 5.10 Å². The maximum atomic E-state index is 13.6. The first-order valence-corrected chi connectivity index (χ1v) is 13.6. The lowest BCUT2D eigenvalue weighted by Crippen LogP contribution is -2.35. The maximum Gasteiger partial charge on any atom is 0.348 e. The molecule has 0 radical (unpaired) electrons. The zero-order chi connectivity index (χ0) is 26.8. The number of carbonyl (C=O) groups excluding carboxylic acids is 1. The van der Waals surface area contributed by atoms with Crippen LogP contribution in [0.15, 0.2) is 88.8 Å². The van der Waals surface area contributed by atoms with Crippen LogP contribution in [0.4, 0.5) is 5.95 Å². The Labute approximate surface area is 239 Å². The number of halogens is 2. The van der Waals surface area contributed by atoms with Gasteiger partial charge in [-0.2, -0.15) is 5.10 Å². The monoisotopic (exact) mass is 640 g/mol. The van der Waals surface area contributed by atoms with Crippen molar-refractivity contribution in [1.29, 1.82) is 0 Å². The van der Waals surface area contributed by atoms with Gasteiger partial charge in [-0.25, -0.2) is 19.1 Å². The Bertz CT molecular complexity index is 1530. The molecule has 0 bridgehead atoms. The topological polar surface area (TPSA) is 84.5 Å². The first kappa shape index (κ1) is 26.2. The fourth-order valence-electron chi connectivity index (χ4n) is 4.54. The number of hydrogen-bond donors (Lipinski definition) is 1. The molecule has 194 valence electrons. The lowest BCUT2D eigenvalue weighted by atomic mass is 9.90. The summed E-state index contributed by atoms with van der Waals surface area (Å²) in [6.07, 6.45) is 0. The van der Waals surface area contributed by atoms with Gasteiger partial charge in [0.1, 0.15) is 6.04 Å². The molecule has 3 aromatic carbocycles. The smallest absolute Gasteiger partial charge is 0.297 e. The number of nitrogens with one attached hydrogen (secondary N) is 1. The Morgan fingerprint density at radius 1 is 1.08 bits per heavy atom. The van der Waals surface area contributed by atoms with Gasteiger partial charge in [0.05, 0.1) is 41.7 Å². The van der Waals surface area contributed by atoms with E-state index in [0.29, 0.717) is 17.5 Å². The second-order valence-electron chi connectivity index (χ2n) is 9.27. The molecular formula is C28H26ClIN6O2. The van der Waals surface area contributed by atoms with E-state index in [1.807, 2.05) is 37.3 Å². The Balaban J connectivity index is 1.61. The first-order valence-electron chi connectivity index (χ1n) is 12.2. The lowest BCUT2D eigenvalue weighted by Gasteiger charge is -2.18. The molecular weight excluding hydrogens is 615 g/mol. The summed E-state index contributed by atoms with van der Waals surface area (Å²) in [5, 5.41) is 12.0. The summed E-state index contributed by atoms with van der Waals surface area (Å²) in [4.78, 5) is 26.3.